The van der Waals surface area contributed by atoms with Crippen LogP contribution < -0.4 is 22.1 Å². The van der Waals surface area contributed by atoms with Crippen molar-refractivity contribution in [2.45, 2.75) is 12.8 Å². The second-order valence-electron chi connectivity index (χ2n) is 2.97. The molecule has 0 atom stereocenters. The minimum absolute atomic E-state index is 0. The first-order valence-electron chi connectivity index (χ1n) is 5.59. The predicted octanol–water partition coefficient (Wildman–Crippen LogP) is 0.178. The molecule has 6 N–H and O–H groups in total. The molecule has 0 fully saturated rings. The van der Waals surface area contributed by atoms with Gasteiger partial charge in [-0.05, 0) is 39.0 Å². The van der Waals surface area contributed by atoms with Gasteiger partial charge in [-0.2, -0.15) is 10.3 Å². The Balaban J connectivity index is -0.000000137. The fraction of sp³-hybridized carbons (Fsp3) is 0.800. The van der Waals surface area contributed by atoms with E-state index in [0.717, 1.165) is 52.1 Å². The molecule has 1 radical (unpaired) electrons. The van der Waals surface area contributed by atoms with Crippen LogP contribution in [0.3, 0.4) is 0 Å². The molecule has 0 saturated heterocycles. The van der Waals surface area contributed by atoms with E-state index in [9.17, 15) is 0 Å². The molecule has 115 valence electrons. The van der Waals surface area contributed by atoms with Crippen molar-refractivity contribution in [3.8, 4) is 0 Å². The molecule has 0 aromatic carbocycles. The second kappa shape index (κ2) is 36.1. The van der Waals surface area contributed by atoms with Crippen LogP contribution in [0.4, 0.5) is 0 Å². The molecule has 0 aliphatic rings. The second-order valence-corrected chi connectivity index (χ2v) is 3.33. The van der Waals surface area contributed by atoms with Crippen molar-refractivity contribution < 1.29 is 16.8 Å². The Morgan fingerprint density at radius 1 is 0.789 bits per heavy atom. The summed E-state index contributed by atoms with van der Waals surface area (Å²) >= 11 is 7.40. The Kier molecular flexibility index (Phi) is 51.9. The van der Waals surface area contributed by atoms with Gasteiger partial charge in [-0.1, -0.05) is 24.4 Å². The largest absolute Gasteiger partial charge is 0.753 e. The number of hydrogen-bond acceptors (Lipinski definition) is 6. The van der Waals surface area contributed by atoms with Crippen LogP contribution >= 0.6 is 24.4 Å². The van der Waals surface area contributed by atoms with E-state index in [4.69, 9.17) is 22.3 Å². The molecule has 6 nitrogen and oxygen atoms in total. The number of nitrogens with two attached hydrogens (primary N) is 2. The van der Waals surface area contributed by atoms with Crippen molar-refractivity contribution in [3.05, 3.63) is 10.8 Å². The van der Waals surface area contributed by atoms with E-state index >= 15 is 0 Å². The zero-order valence-corrected chi connectivity index (χ0v) is 13.5. The molecule has 0 aromatic heterocycles. The minimum Gasteiger partial charge on any atom is -0.753 e. The predicted molar refractivity (Wildman–Crippen MR) is 85.0 cm³/mol. The first-order valence-corrected chi connectivity index (χ1v) is 6.40. The molecule has 0 heterocycles. The number of nitrogens with one attached hydrogen (secondary N) is 2. The van der Waals surface area contributed by atoms with Gasteiger partial charge in [-0.3, -0.25) is 0 Å². The Bertz CT molecular complexity index is 184. The zero-order chi connectivity index (χ0) is 14.5. The van der Waals surface area contributed by atoms with E-state index in [2.05, 4.69) is 35.1 Å². The minimum atomic E-state index is 0. The van der Waals surface area contributed by atoms with Gasteiger partial charge in [0.1, 0.15) is 0 Å². The SMILES string of the molecule is NCCCNCCNCCCN.[Co].[N-]=C=S.[N-]=C=S. The Labute approximate surface area is 136 Å². The Hall–Kier alpha value is -0.0535. The third kappa shape index (κ3) is 57.0. The molecular weight excluding hydrogens is 327 g/mol. The maximum absolute atomic E-state index is 7.13. The van der Waals surface area contributed by atoms with Crippen LogP contribution in [0, 0.1) is 0 Å². The quantitative estimate of drug-likeness (QED) is 0.268. The average Bonchev–Trinajstić information content (AvgIpc) is 2.35. The number of rotatable bonds is 9. The third-order valence-corrected chi connectivity index (χ3v) is 1.59. The van der Waals surface area contributed by atoms with Crippen LogP contribution in [0.2, 0.25) is 0 Å². The summed E-state index contributed by atoms with van der Waals surface area (Å²) in [4.78, 5) is 0. The van der Waals surface area contributed by atoms with Gasteiger partial charge in [-0.25, -0.2) is 0 Å². The fourth-order valence-corrected chi connectivity index (χ4v) is 0.881. The number of isothiocyanates is 2. The van der Waals surface area contributed by atoms with E-state index < -0.39 is 0 Å². The summed E-state index contributed by atoms with van der Waals surface area (Å²) in [6, 6.07) is 0. The molecule has 0 saturated carbocycles. The van der Waals surface area contributed by atoms with Gasteiger partial charge in [0.15, 0.2) is 0 Å². The molecule has 0 aliphatic heterocycles. The van der Waals surface area contributed by atoms with Gasteiger partial charge in [-0.15, -0.1) is 0 Å². The summed E-state index contributed by atoms with van der Waals surface area (Å²) in [6.07, 6.45) is 2.12. The summed E-state index contributed by atoms with van der Waals surface area (Å²) in [6.45, 7) is 5.63. The maximum atomic E-state index is 7.13. The molecule has 0 bridgehead atoms. The van der Waals surface area contributed by atoms with Gasteiger partial charge in [0.2, 0.25) is 0 Å². The topological polar surface area (TPSA) is 121 Å². The molecule has 0 spiro atoms. The molecule has 0 unspecified atom stereocenters. The third-order valence-electron chi connectivity index (χ3n) is 1.59. The number of hydrogen-bond donors (Lipinski definition) is 4. The first kappa shape index (κ1) is 27.3. The van der Waals surface area contributed by atoms with Crippen molar-refractivity contribution >= 4 is 34.8 Å². The molecule has 0 aromatic rings. The van der Waals surface area contributed by atoms with Crippen LogP contribution in [0.5, 0.6) is 0 Å². The molecule has 0 aliphatic carbocycles. The average molecular weight is 349 g/mol. The Morgan fingerprint density at radius 2 is 1.05 bits per heavy atom. The van der Waals surface area contributed by atoms with Crippen LogP contribution in [-0.4, -0.2) is 49.6 Å². The van der Waals surface area contributed by atoms with E-state index in [1.165, 1.54) is 10.3 Å². The van der Waals surface area contributed by atoms with Gasteiger partial charge in [0.25, 0.3) is 0 Å². The van der Waals surface area contributed by atoms with Crippen molar-refractivity contribution in [2.24, 2.45) is 11.5 Å². The van der Waals surface area contributed by atoms with Crippen LogP contribution in [0.15, 0.2) is 0 Å². The van der Waals surface area contributed by atoms with Crippen molar-refractivity contribution in [1.82, 2.24) is 10.6 Å². The van der Waals surface area contributed by atoms with Crippen molar-refractivity contribution in [1.29, 1.82) is 0 Å². The smallest absolute Gasteiger partial charge is 0.00767 e. The van der Waals surface area contributed by atoms with Crippen LogP contribution in [0.1, 0.15) is 12.8 Å². The summed E-state index contributed by atoms with van der Waals surface area (Å²) < 4.78 is 0. The first-order chi connectivity index (χ1) is 8.74. The molecule has 9 heteroatoms. The fourth-order valence-electron chi connectivity index (χ4n) is 0.881. The molecule has 0 rings (SSSR count). The normalized spacial score (nSPS) is 7.47. The Morgan fingerprint density at radius 3 is 1.26 bits per heavy atom. The summed E-state index contributed by atoms with van der Waals surface area (Å²) in [5, 5.41) is 23.5. The van der Waals surface area contributed by atoms with E-state index in [0.29, 0.717) is 0 Å². The van der Waals surface area contributed by atoms with Crippen LogP contribution in [-0.2, 0) is 16.8 Å². The van der Waals surface area contributed by atoms with Crippen molar-refractivity contribution in [2.75, 3.05) is 39.3 Å². The van der Waals surface area contributed by atoms with E-state index in [-0.39, 0.29) is 16.8 Å². The molecular formula is C10H22CoN6S2-2. The van der Waals surface area contributed by atoms with Gasteiger partial charge in [0, 0.05) is 29.9 Å². The zero-order valence-electron chi connectivity index (χ0n) is 10.9. The van der Waals surface area contributed by atoms with Gasteiger partial charge >= 0.3 is 0 Å². The maximum Gasteiger partial charge on any atom is 0.00767 e. The molecule has 0 amide bonds. The summed E-state index contributed by atoms with van der Waals surface area (Å²) in [5.41, 5.74) is 10.7. The van der Waals surface area contributed by atoms with Gasteiger partial charge in [0.05, 0.1) is 0 Å². The van der Waals surface area contributed by atoms with Crippen LogP contribution in [0.25, 0.3) is 10.8 Å². The molecule has 19 heavy (non-hydrogen) atoms. The van der Waals surface area contributed by atoms with E-state index in [1.807, 2.05) is 0 Å². The summed E-state index contributed by atoms with van der Waals surface area (Å²) in [7, 11) is 0. The van der Waals surface area contributed by atoms with E-state index in [1.54, 1.807) is 0 Å². The van der Waals surface area contributed by atoms with Gasteiger partial charge < -0.3 is 32.9 Å². The number of nitrogens with zero attached hydrogens (tertiary/aromatic N) is 2. The number of thiocarbonyl (C=S) groups is 2. The monoisotopic (exact) mass is 349 g/mol. The van der Waals surface area contributed by atoms with Crippen molar-refractivity contribution in [3.63, 3.8) is 0 Å². The standard InChI is InChI=1S/C8H22N4.2CNS.Co/c9-3-1-5-11-7-8-12-6-2-4-10;2*2-1-3;/h11-12H,1-10H2;;;/q;2*-1;. The summed E-state index contributed by atoms with van der Waals surface area (Å²) in [5.74, 6) is 0.